The fourth-order valence-electron chi connectivity index (χ4n) is 3.24. The van der Waals surface area contributed by atoms with E-state index in [4.69, 9.17) is 0 Å². The molecule has 0 spiro atoms. The molecule has 128 valence electrons. The van der Waals surface area contributed by atoms with E-state index in [2.05, 4.69) is 40.5 Å². The number of thiophene rings is 1. The normalized spacial score (nSPS) is 16.2. The lowest BCUT2D eigenvalue weighted by atomic mass is 9.96. The summed E-state index contributed by atoms with van der Waals surface area (Å²) in [5, 5.41) is 5.13. The summed E-state index contributed by atoms with van der Waals surface area (Å²) in [5.41, 5.74) is 1.42. The minimum absolute atomic E-state index is 0.156. The Kier molecular flexibility index (Phi) is 6.44. The van der Waals surface area contributed by atoms with Crippen molar-refractivity contribution < 1.29 is 4.79 Å². The van der Waals surface area contributed by atoms with Crippen molar-refractivity contribution in [3.8, 4) is 0 Å². The maximum Gasteiger partial charge on any atom is 0.225 e. The zero-order valence-corrected chi connectivity index (χ0v) is 14.9. The van der Waals surface area contributed by atoms with Gasteiger partial charge in [-0.3, -0.25) is 4.79 Å². The molecule has 1 fully saturated rings. The molecule has 4 heteroatoms. The SMILES string of the molecule is O=C(Cc1cccs1)NCC1CCN(CCc2ccccc2)CC1. The van der Waals surface area contributed by atoms with Gasteiger partial charge in [-0.15, -0.1) is 11.3 Å². The largest absolute Gasteiger partial charge is 0.356 e. The van der Waals surface area contributed by atoms with Gasteiger partial charge < -0.3 is 10.2 Å². The van der Waals surface area contributed by atoms with Gasteiger partial charge in [0.2, 0.25) is 5.91 Å². The van der Waals surface area contributed by atoms with Gasteiger partial charge in [-0.05, 0) is 55.3 Å². The number of likely N-dealkylation sites (tertiary alicyclic amines) is 1. The second kappa shape index (κ2) is 9.00. The molecule has 2 aromatic rings. The van der Waals surface area contributed by atoms with E-state index in [1.54, 1.807) is 11.3 Å². The molecule has 1 aromatic heterocycles. The Morgan fingerprint density at radius 3 is 2.62 bits per heavy atom. The van der Waals surface area contributed by atoms with Crippen LogP contribution in [0.25, 0.3) is 0 Å². The summed E-state index contributed by atoms with van der Waals surface area (Å²) in [6.07, 6.45) is 4.03. The van der Waals surface area contributed by atoms with Gasteiger partial charge in [0, 0.05) is 18.0 Å². The van der Waals surface area contributed by atoms with Crippen LogP contribution in [0.4, 0.5) is 0 Å². The molecule has 1 saturated heterocycles. The molecule has 1 aliphatic rings. The minimum Gasteiger partial charge on any atom is -0.356 e. The third kappa shape index (κ3) is 5.46. The van der Waals surface area contributed by atoms with Crippen LogP contribution in [-0.4, -0.2) is 37.0 Å². The molecule has 0 atom stereocenters. The number of nitrogens with zero attached hydrogens (tertiary/aromatic N) is 1. The van der Waals surface area contributed by atoms with Gasteiger partial charge in [-0.2, -0.15) is 0 Å². The van der Waals surface area contributed by atoms with Crippen molar-refractivity contribution in [3.05, 3.63) is 58.3 Å². The molecule has 1 amide bonds. The number of amides is 1. The monoisotopic (exact) mass is 342 g/mol. The van der Waals surface area contributed by atoms with Crippen molar-refractivity contribution in [2.45, 2.75) is 25.7 Å². The average molecular weight is 343 g/mol. The predicted molar refractivity (Wildman–Crippen MR) is 100 cm³/mol. The lowest BCUT2D eigenvalue weighted by molar-refractivity contribution is -0.120. The molecule has 1 aromatic carbocycles. The highest BCUT2D eigenvalue weighted by molar-refractivity contribution is 7.10. The Morgan fingerprint density at radius 2 is 1.92 bits per heavy atom. The van der Waals surface area contributed by atoms with Crippen LogP contribution in [0.2, 0.25) is 0 Å². The van der Waals surface area contributed by atoms with Gasteiger partial charge in [0.25, 0.3) is 0 Å². The number of nitrogens with one attached hydrogen (secondary N) is 1. The first kappa shape index (κ1) is 17.2. The smallest absolute Gasteiger partial charge is 0.225 e. The number of carbonyl (C=O) groups excluding carboxylic acids is 1. The average Bonchev–Trinajstić information content (AvgIpc) is 3.13. The maximum absolute atomic E-state index is 12.0. The second-order valence-electron chi connectivity index (χ2n) is 6.58. The van der Waals surface area contributed by atoms with Crippen molar-refractivity contribution in [2.24, 2.45) is 5.92 Å². The topological polar surface area (TPSA) is 32.3 Å². The molecule has 1 N–H and O–H groups in total. The summed E-state index contributed by atoms with van der Waals surface area (Å²) in [5.74, 6) is 0.786. The highest BCUT2D eigenvalue weighted by Gasteiger charge is 2.19. The van der Waals surface area contributed by atoms with Gasteiger partial charge in [0.15, 0.2) is 0 Å². The van der Waals surface area contributed by atoms with Crippen molar-refractivity contribution >= 4 is 17.2 Å². The van der Waals surface area contributed by atoms with E-state index in [0.717, 1.165) is 37.5 Å². The van der Waals surface area contributed by atoms with Crippen LogP contribution in [0.3, 0.4) is 0 Å². The summed E-state index contributed by atoms with van der Waals surface area (Å²) < 4.78 is 0. The van der Waals surface area contributed by atoms with E-state index < -0.39 is 0 Å². The zero-order chi connectivity index (χ0) is 16.6. The lowest BCUT2D eigenvalue weighted by Gasteiger charge is -2.32. The highest BCUT2D eigenvalue weighted by Crippen LogP contribution is 2.17. The number of hydrogen-bond acceptors (Lipinski definition) is 3. The van der Waals surface area contributed by atoms with Crippen LogP contribution < -0.4 is 5.32 Å². The first-order valence-electron chi connectivity index (χ1n) is 8.85. The first-order valence-corrected chi connectivity index (χ1v) is 9.73. The standard InChI is InChI=1S/C20H26N2OS/c23-20(15-19-7-4-14-24-19)21-16-18-9-12-22(13-10-18)11-8-17-5-2-1-3-6-17/h1-7,14,18H,8-13,15-16H2,(H,21,23). The Morgan fingerprint density at radius 1 is 1.12 bits per heavy atom. The summed E-state index contributed by atoms with van der Waals surface area (Å²) in [6.45, 7) is 4.27. The number of rotatable bonds is 7. The molecule has 3 nitrogen and oxygen atoms in total. The van der Waals surface area contributed by atoms with E-state index >= 15 is 0 Å². The number of hydrogen-bond donors (Lipinski definition) is 1. The van der Waals surface area contributed by atoms with Gasteiger partial charge >= 0.3 is 0 Å². The molecule has 3 rings (SSSR count). The Hall–Kier alpha value is -1.65. The van der Waals surface area contributed by atoms with E-state index in [1.807, 2.05) is 17.5 Å². The van der Waals surface area contributed by atoms with Crippen LogP contribution in [-0.2, 0) is 17.6 Å². The van der Waals surface area contributed by atoms with Crippen LogP contribution in [0, 0.1) is 5.92 Å². The van der Waals surface area contributed by atoms with Crippen LogP contribution in [0.5, 0.6) is 0 Å². The summed E-state index contributed by atoms with van der Waals surface area (Å²) >= 11 is 1.65. The van der Waals surface area contributed by atoms with E-state index in [9.17, 15) is 4.79 Å². The molecule has 0 aliphatic carbocycles. The van der Waals surface area contributed by atoms with Crippen LogP contribution in [0.15, 0.2) is 47.8 Å². The molecule has 0 radical (unpaired) electrons. The molecule has 2 heterocycles. The molecule has 24 heavy (non-hydrogen) atoms. The summed E-state index contributed by atoms with van der Waals surface area (Å²) in [4.78, 5) is 15.7. The number of piperidine rings is 1. The third-order valence-electron chi connectivity index (χ3n) is 4.77. The third-order valence-corrected chi connectivity index (χ3v) is 5.65. The van der Waals surface area contributed by atoms with E-state index in [-0.39, 0.29) is 5.91 Å². The van der Waals surface area contributed by atoms with Gasteiger partial charge in [0.1, 0.15) is 0 Å². The van der Waals surface area contributed by atoms with Crippen molar-refractivity contribution in [3.63, 3.8) is 0 Å². The number of benzene rings is 1. The summed E-state index contributed by atoms with van der Waals surface area (Å²) in [6, 6.07) is 14.7. The van der Waals surface area contributed by atoms with Crippen LogP contribution >= 0.6 is 11.3 Å². The van der Waals surface area contributed by atoms with Crippen molar-refractivity contribution in [2.75, 3.05) is 26.2 Å². The predicted octanol–water partition coefficient (Wildman–Crippen LogP) is 3.36. The quantitative estimate of drug-likeness (QED) is 0.837. The number of carbonyl (C=O) groups is 1. The molecule has 0 unspecified atom stereocenters. The molecule has 0 saturated carbocycles. The molecule has 0 bridgehead atoms. The van der Waals surface area contributed by atoms with Gasteiger partial charge in [0.05, 0.1) is 6.42 Å². The van der Waals surface area contributed by atoms with Crippen molar-refractivity contribution in [1.82, 2.24) is 10.2 Å². The van der Waals surface area contributed by atoms with Gasteiger partial charge in [-0.1, -0.05) is 36.4 Å². The zero-order valence-electron chi connectivity index (χ0n) is 14.1. The molecular formula is C20H26N2OS. The first-order chi connectivity index (χ1) is 11.8. The Labute approximate surface area is 148 Å². The molecular weight excluding hydrogens is 316 g/mol. The van der Waals surface area contributed by atoms with Crippen molar-refractivity contribution in [1.29, 1.82) is 0 Å². The van der Waals surface area contributed by atoms with Gasteiger partial charge in [-0.25, -0.2) is 0 Å². The fourth-order valence-corrected chi connectivity index (χ4v) is 3.94. The lowest BCUT2D eigenvalue weighted by Crippen LogP contribution is -2.39. The van der Waals surface area contributed by atoms with E-state index in [1.165, 1.54) is 18.4 Å². The maximum atomic E-state index is 12.0. The van der Waals surface area contributed by atoms with Crippen LogP contribution in [0.1, 0.15) is 23.3 Å². The minimum atomic E-state index is 0.156. The molecule has 1 aliphatic heterocycles. The Bertz CT molecular complexity index is 604. The highest BCUT2D eigenvalue weighted by atomic mass is 32.1. The van der Waals surface area contributed by atoms with E-state index in [0.29, 0.717) is 12.3 Å². The summed E-state index contributed by atoms with van der Waals surface area (Å²) in [7, 11) is 0. The Balaban J connectivity index is 1.31. The fraction of sp³-hybridized carbons (Fsp3) is 0.450. The second-order valence-corrected chi connectivity index (χ2v) is 7.61.